The van der Waals surface area contributed by atoms with Crippen LogP contribution < -0.4 is 5.32 Å². The van der Waals surface area contributed by atoms with Crippen LogP contribution in [0.1, 0.15) is 57.1 Å². The van der Waals surface area contributed by atoms with Gasteiger partial charge in [-0.05, 0) is 31.2 Å². The van der Waals surface area contributed by atoms with Crippen molar-refractivity contribution in [1.29, 1.82) is 0 Å². The lowest BCUT2D eigenvalue weighted by atomic mass is 10.0. The SMILES string of the molecule is CC(=O)N[C@@H]1CCCN(C(=O)[C@H](OC2CCCC2)c2ccccc2)C1. The quantitative estimate of drug-likeness (QED) is 0.893. The van der Waals surface area contributed by atoms with Crippen molar-refractivity contribution in [2.45, 2.75) is 63.7 Å². The maximum Gasteiger partial charge on any atom is 0.256 e. The van der Waals surface area contributed by atoms with Gasteiger partial charge < -0.3 is 15.0 Å². The maximum atomic E-state index is 13.2. The summed E-state index contributed by atoms with van der Waals surface area (Å²) in [5.41, 5.74) is 0.918. The number of ether oxygens (including phenoxy) is 1. The van der Waals surface area contributed by atoms with Gasteiger partial charge in [-0.15, -0.1) is 0 Å². The number of piperidine rings is 1. The van der Waals surface area contributed by atoms with Gasteiger partial charge in [0.05, 0.1) is 6.10 Å². The van der Waals surface area contributed by atoms with Gasteiger partial charge in [-0.3, -0.25) is 9.59 Å². The molecule has 0 bridgehead atoms. The van der Waals surface area contributed by atoms with Gasteiger partial charge in [0, 0.05) is 26.1 Å². The molecule has 2 fully saturated rings. The number of carbonyl (C=O) groups is 2. The van der Waals surface area contributed by atoms with Crippen molar-refractivity contribution in [3.63, 3.8) is 0 Å². The minimum Gasteiger partial charge on any atom is -0.360 e. The van der Waals surface area contributed by atoms with Gasteiger partial charge >= 0.3 is 0 Å². The molecular formula is C20H28N2O3. The van der Waals surface area contributed by atoms with E-state index in [1.54, 1.807) is 0 Å². The van der Waals surface area contributed by atoms with E-state index in [0.29, 0.717) is 6.54 Å². The number of amides is 2. The fraction of sp³-hybridized carbons (Fsp3) is 0.600. The number of nitrogens with zero attached hydrogens (tertiary/aromatic N) is 1. The van der Waals surface area contributed by atoms with E-state index >= 15 is 0 Å². The Kier molecular flexibility index (Phi) is 6.08. The van der Waals surface area contributed by atoms with Gasteiger partial charge in [-0.1, -0.05) is 43.2 Å². The average Bonchev–Trinajstić information content (AvgIpc) is 3.13. The first-order valence-corrected chi connectivity index (χ1v) is 9.40. The molecule has 3 rings (SSSR count). The first kappa shape index (κ1) is 17.9. The van der Waals surface area contributed by atoms with E-state index in [2.05, 4.69) is 5.32 Å². The van der Waals surface area contributed by atoms with Crippen LogP contribution in [0.3, 0.4) is 0 Å². The van der Waals surface area contributed by atoms with Crippen molar-refractivity contribution in [2.24, 2.45) is 0 Å². The summed E-state index contributed by atoms with van der Waals surface area (Å²) in [4.78, 5) is 26.4. The van der Waals surface area contributed by atoms with Crippen LogP contribution in [-0.2, 0) is 14.3 Å². The first-order chi connectivity index (χ1) is 12.1. The third kappa shape index (κ3) is 4.82. The van der Waals surface area contributed by atoms with Crippen LogP contribution in [0.5, 0.6) is 0 Å². The maximum absolute atomic E-state index is 13.2. The highest BCUT2D eigenvalue weighted by Crippen LogP contribution is 2.30. The van der Waals surface area contributed by atoms with E-state index in [0.717, 1.165) is 37.8 Å². The Labute approximate surface area is 149 Å². The third-order valence-electron chi connectivity index (χ3n) is 5.10. The predicted octanol–water partition coefficient (Wildman–Crippen LogP) is 2.81. The van der Waals surface area contributed by atoms with Gasteiger partial charge in [0.1, 0.15) is 0 Å². The zero-order chi connectivity index (χ0) is 17.6. The molecule has 25 heavy (non-hydrogen) atoms. The zero-order valence-corrected chi connectivity index (χ0v) is 14.9. The van der Waals surface area contributed by atoms with Crippen molar-refractivity contribution in [3.05, 3.63) is 35.9 Å². The molecule has 5 nitrogen and oxygen atoms in total. The number of benzene rings is 1. The number of likely N-dealkylation sites (tertiary alicyclic amines) is 1. The van der Waals surface area contributed by atoms with Gasteiger partial charge in [0.2, 0.25) is 5.91 Å². The number of nitrogens with one attached hydrogen (secondary N) is 1. The van der Waals surface area contributed by atoms with E-state index in [1.807, 2.05) is 35.2 Å². The van der Waals surface area contributed by atoms with Crippen LogP contribution in [0, 0.1) is 0 Å². The minimum absolute atomic E-state index is 0.0214. The first-order valence-electron chi connectivity index (χ1n) is 9.40. The van der Waals surface area contributed by atoms with Crippen LogP contribution >= 0.6 is 0 Å². The van der Waals surface area contributed by atoms with Crippen LogP contribution in [0.25, 0.3) is 0 Å². The van der Waals surface area contributed by atoms with Gasteiger partial charge in [0.25, 0.3) is 5.91 Å². The second kappa shape index (κ2) is 8.48. The normalized spacial score (nSPS) is 22.6. The number of hydrogen-bond acceptors (Lipinski definition) is 3. The van der Waals surface area contributed by atoms with E-state index in [9.17, 15) is 9.59 Å². The molecule has 1 aromatic carbocycles. The van der Waals surface area contributed by atoms with Crippen LogP contribution in [0.15, 0.2) is 30.3 Å². The molecule has 136 valence electrons. The standard InChI is InChI=1S/C20H28N2O3/c1-15(23)21-17-10-7-13-22(14-17)20(24)19(16-8-3-2-4-9-16)25-18-11-5-6-12-18/h2-4,8-9,17-19H,5-7,10-14H2,1H3,(H,21,23)/t17-,19-/m1/s1. The van der Waals surface area contributed by atoms with E-state index in [1.165, 1.54) is 19.8 Å². The van der Waals surface area contributed by atoms with Gasteiger partial charge in [0.15, 0.2) is 6.10 Å². The molecule has 0 unspecified atom stereocenters. The Hall–Kier alpha value is -1.88. The Morgan fingerprint density at radius 2 is 1.84 bits per heavy atom. The van der Waals surface area contributed by atoms with Crippen molar-refractivity contribution in [3.8, 4) is 0 Å². The zero-order valence-electron chi connectivity index (χ0n) is 14.9. The molecule has 1 saturated carbocycles. The molecule has 0 spiro atoms. The van der Waals surface area contributed by atoms with Crippen molar-refractivity contribution >= 4 is 11.8 Å². The summed E-state index contributed by atoms with van der Waals surface area (Å²) >= 11 is 0. The number of carbonyl (C=O) groups excluding carboxylic acids is 2. The van der Waals surface area contributed by atoms with Gasteiger partial charge in [-0.2, -0.15) is 0 Å². The second-order valence-corrected chi connectivity index (χ2v) is 7.16. The van der Waals surface area contributed by atoms with Crippen molar-refractivity contribution in [1.82, 2.24) is 10.2 Å². The molecular weight excluding hydrogens is 316 g/mol. The van der Waals surface area contributed by atoms with Gasteiger partial charge in [-0.25, -0.2) is 0 Å². The highest BCUT2D eigenvalue weighted by molar-refractivity contribution is 5.82. The smallest absolute Gasteiger partial charge is 0.256 e. The second-order valence-electron chi connectivity index (χ2n) is 7.16. The Morgan fingerprint density at radius 3 is 2.52 bits per heavy atom. The molecule has 0 aromatic heterocycles. The lowest BCUT2D eigenvalue weighted by Crippen LogP contribution is -2.50. The summed E-state index contributed by atoms with van der Waals surface area (Å²) in [5, 5.41) is 2.94. The van der Waals surface area contributed by atoms with Crippen molar-refractivity contribution in [2.75, 3.05) is 13.1 Å². The topological polar surface area (TPSA) is 58.6 Å². The fourth-order valence-corrected chi connectivity index (χ4v) is 3.87. The summed E-state index contributed by atoms with van der Waals surface area (Å²) in [6, 6.07) is 9.82. The molecule has 1 aliphatic carbocycles. The molecule has 2 atom stereocenters. The average molecular weight is 344 g/mol. The Bertz CT molecular complexity index is 584. The Balaban J connectivity index is 1.72. The lowest BCUT2D eigenvalue weighted by Gasteiger charge is -2.35. The number of rotatable bonds is 5. The third-order valence-corrected chi connectivity index (χ3v) is 5.10. The summed E-state index contributed by atoms with van der Waals surface area (Å²) in [6.45, 7) is 2.82. The Morgan fingerprint density at radius 1 is 1.12 bits per heavy atom. The predicted molar refractivity (Wildman–Crippen MR) is 95.9 cm³/mol. The molecule has 1 aromatic rings. The van der Waals surface area contributed by atoms with Crippen LogP contribution in [0.2, 0.25) is 0 Å². The monoisotopic (exact) mass is 344 g/mol. The molecule has 1 N–H and O–H groups in total. The van der Waals surface area contributed by atoms with E-state index in [4.69, 9.17) is 4.74 Å². The molecule has 1 aliphatic heterocycles. The fourth-order valence-electron chi connectivity index (χ4n) is 3.87. The molecule has 2 amide bonds. The number of hydrogen-bond donors (Lipinski definition) is 1. The molecule has 2 aliphatic rings. The van der Waals surface area contributed by atoms with Crippen LogP contribution in [-0.4, -0.2) is 41.9 Å². The summed E-state index contributed by atoms with van der Waals surface area (Å²) in [6.07, 6.45) is 5.87. The van der Waals surface area contributed by atoms with E-state index in [-0.39, 0.29) is 24.0 Å². The summed E-state index contributed by atoms with van der Waals surface area (Å²) in [7, 11) is 0. The molecule has 0 radical (unpaired) electrons. The minimum atomic E-state index is -0.541. The highest BCUT2D eigenvalue weighted by Gasteiger charge is 2.33. The molecule has 1 heterocycles. The molecule has 1 saturated heterocycles. The highest BCUT2D eigenvalue weighted by atomic mass is 16.5. The van der Waals surface area contributed by atoms with E-state index < -0.39 is 6.10 Å². The molecule has 5 heteroatoms. The van der Waals surface area contributed by atoms with Crippen molar-refractivity contribution < 1.29 is 14.3 Å². The van der Waals surface area contributed by atoms with Crippen LogP contribution in [0.4, 0.5) is 0 Å². The largest absolute Gasteiger partial charge is 0.360 e. The summed E-state index contributed by atoms with van der Waals surface area (Å²) in [5.74, 6) is -0.0192. The summed E-state index contributed by atoms with van der Waals surface area (Å²) < 4.78 is 6.25. The lowest BCUT2D eigenvalue weighted by molar-refractivity contribution is -0.150.